The van der Waals surface area contributed by atoms with Gasteiger partial charge in [-0.1, -0.05) is 24.8 Å². The second-order valence-electron chi connectivity index (χ2n) is 5.14. The van der Waals surface area contributed by atoms with E-state index in [-0.39, 0.29) is 6.04 Å². The summed E-state index contributed by atoms with van der Waals surface area (Å²) in [6.07, 6.45) is 1.77. The van der Waals surface area contributed by atoms with E-state index in [4.69, 9.17) is 5.73 Å². The minimum atomic E-state index is -0.429. The van der Waals surface area contributed by atoms with Gasteiger partial charge in [0.2, 0.25) is 0 Å². The Labute approximate surface area is 128 Å². The molecule has 0 aromatic heterocycles. The molecule has 0 heterocycles. The summed E-state index contributed by atoms with van der Waals surface area (Å²) in [6, 6.07) is 9.59. The van der Waals surface area contributed by atoms with E-state index in [0.717, 1.165) is 35.4 Å². The van der Waals surface area contributed by atoms with Crippen LogP contribution in [0.1, 0.15) is 24.5 Å². The van der Waals surface area contributed by atoms with Gasteiger partial charge in [-0.25, -0.2) is 8.78 Å². The summed E-state index contributed by atoms with van der Waals surface area (Å²) in [6.45, 7) is 4.08. The lowest BCUT2D eigenvalue weighted by molar-refractivity contribution is 0.577. The van der Waals surface area contributed by atoms with Crippen LogP contribution in [0.2, 0.25) is 0 Å². The summed E-state index contributed by atoms with van der Waals surface area (Å²) in [5, 5.41) is 0. The summed E-state index contributed by atoms with van der Waals surface area (Å²) in [5.74, 6) is -0.836. The zero-order valence-electron chi connectivity index (χ0n) is 12.2. The number of halogens is 2. The average molecular weight is 307 g/mol. The standard InChI is InChI=1S/C17H19F2NS/c1-3-14(20)9-12-4-6-15(8-11(12)2)21-17-10-13(18)5-7-16(17)19/h4-8,10,14H,3,9,20H2,1-2H3. The van der Waals surface area contributed by atoms with Gasteiger partial charge in [0.05, 0.1) is 4.90 Å². The van der Waals surface area contributed by atoms with Gasteiger partial charge in [0.25, 0.3) is 0 Å². The second kappa shape index (κ2) is 7.05. The molecule has 0 aliphatic carbocycles. The molecule has 112 valence electrons. The Morgan fingerprint density at radius 3 is 2.57 bits per heavy atom. The van der Waals surface area contributed by atoms with Gasteiger partial charge < -0.3 is 5.73 Å². The Morgan fingerprint density at radius 2 is 1.90 bits per heavy atom. The van der Waals surface area contributed by atoms with Crippen LogP contribution in [0.15, 0.2) is 46.2 Å². The number of benzene rings is 2. The SMILES string of the molecule is CCC(N)Cc1ccc(Sc2cc(F)ccc2F)cc1C. The molecule has 2 aromatic carbocycles. The van der Waals surface area contributed by atoms with E-state index in [1.165, 1.54) is 23.4 Å². The molecular formula is C17H19F2NS. The van der Waals surface area contributed by atoms with Crippen LogP contribution >= 0.6 is 11.8 Å². The van der Waals surface area contributed by atoms with E-state index in [0.29, 0.717) is 4.90 Å². The van der Waals surface area contributed by atoms with E-state index in [9.17, 15) is 8.78 Å². The van der Waals surface area contributed by atoms with Gasteiger partial charge in [0.1, 0.15) is 11.6 Å². The molecule has 0 bridgehead atoms. The van der Waals surface area contributed by atoms with Crippen molar-refractivity contribution in [3.63, 3.8) is 0 Å². The van der Waals surface area contributed by atoms with E-state index in [1.54, 1.807) is 0 Å². The highest BCUT2D eigenvalue weighted by molar-refractivity contribution is 7.99. The molecule has 0 fully saturated rings. The zero-order chi connectivity index (χ0) is 15.4. The molecule has 2 rings (SSSR count). The molecule has 0 aliphatic heterocycles. The maximum absolute atomic E-state index is 13.6. The molecule has 0 amide bonds. The maximum Gasteiger partial charge on any atom is 0.137 e. The summed E-state index contributed by atoms with van der Waals surface area (Å²) in [7, 11) is 0. The second-order valence-corrected chi connectivity index (χ2v) is 6.25. The van der Waals surface area contributed by atoms with Gasteiger partial charge in [-0.05, 0) is 61.2 Å². The molecule has 1 atom stereocenters. The molecule has 0 radical (unpaired) electrons. The Kier molecular flexibility index (Phi) is 5.37. The molecular weight excluding hydrogens is 288 g/mol. The lowest BCUT2D eigenvalue weighted by Crippen LogP contribution is -2.21. The van der Waals surface area contributed by atoms with Crippen molar-refractivity contribution in [3.8, 4) is 0 Å². The van der Waals surface area contributed by atoms with Crippen LogP contribution in [0.5, 0.6) is 0 Å². The average Bonchev–Trinajstić information content (AvgIpc) is 2.45. The Balaban J connectivity index is 2.18. The largest absolute Gasteiger partial charge is 0.327 e. The predicted octanol–water partition coefficient (Wildman–Crippen LogP) is 4.70. The van der Waals surface area contributed by atoms with Crippen molar-refractivity contribution < 1.29 is 8.78 Å². The van der Waals surface area contributed by atoms with Crippen molar-refractivity contribution in [2.75, 3.05) is 0 Å². The van der Waals surface area contributed by atoms with Crippen molar-refractivity contribution >= 4 is 11.8 Å². The summed E-state index contributed by atoms with van der Waals surface area (Å²) >= 11 is 1.23. The smallest absolute Gasteiger partial charge is 0.137 e. The number of aryl methyl sites for hydroxylation is 1. The van der Waals surface area contributed by atoms with E-state index in [1.807, 2.05) is 25.1 Å². The van der Waals surface area contributed by atoms with Crippen molar-refractivity contribution in [2.45, 2.75) is 42.5 Å². The van der Waals surface area contributed by atoms with Crippen LogP contribution in [0.4, 0.5) is 8.78 Å². The monoisotopic (exact) mass is 307 g/mol. The maximum atomic E-state index is 13.6. The minimum absolute atomic E-state index is 0.155. The lowest BCUT2D eigenvalue weighted by Gasteiger charge is -2.12. The van der Waals surface area contributed by atoms with Crippen molar-refractivity contribution in [1.82, 2.24) is 0 Å². The van der Waals surface area contributed by atoms with Gasteiger partial charge in [0, 0.05) is 10.9 Å². The van der Waals surface area contributed by atoms with Gasteiger partial charge >= 0.3 is 0 Å². The first kappa shape index (κ1) is 16.0. The molecule has 2 aromatic rings. The Hall–Kier alpha value is -1.39. The quantitative estimate of drug-likeness (QED) is 0.866. The van der Waals surface area contributed by atoms with Crippen LogP contribution < -0.4 is 5.73 Å². The Bertz CT molecular complexity index is 628. The highest BCUT2D eigenvalue weighted by atomic mass is 32.2. The van der Waals surface area contributed by atoms with Crippen molar-refractivity contribution in [1.29, 1.82) is 0 Å². The van der Waals surface area contributed by atoms with Crippen LogP contribution in [0.25, 0.3) is 0 Å². The first-order valence-corrected chi connectivity index (χ1v) is 7.79. The number of nitrogens with two attached hydrogens (primary N) is 1. The Morgan fingerprint density at radius 1 is 1.14 bits per heavy atom. The molecule has 4 heteroatoms. The van der Waals surface area contributed by atoms with Crippen molar-refractivity contribution in [2.24, 2.45) is 5.73 Å². The van der Waals surface area contributed by atoms with E-state index >= 15 is 0 Å². The summed E-state index contributed by atoms with van der Waals surface area (Å²) in [5.41, 5.74) is 8.30. The highest BCUT2D eigenvalue weighted by Crippen LogP contribution is 2.31. The van der Waals surface area contributed by atoms with Gasteiger partial charge in [-0.2, -0.15) is 0 Å². The molecule has 0 saturated carbocycles. The lowest BCUT2D eigenvalue weighted by atomic mass is 10.0. The molecule has 21 heavy (non-hydrogen) atoms. The van der Waals surface area contributed by atoms with Crippen LogP contribution in [0.3, 0.4) is 0 Å². The molecule has 0 saturated heterocycles. The van der Waals surface area contributed by atoms with E-state index < -0.39 is 11.6 Å². The first-order valence-electron chi connectivity index (χ1n) is 6.97. The molecule has 2 N–H and O–H groups in total. The molecule has 1 nitrogen and oxygen atoms in total. The summed E-state index contributed by atoms with van der Waals surface area (Å²) in [4.78, 5) is 1.19. The third-order valence-electron chi connectivity index (χ3n) is 3.44. The number of hydrogen-bond donors (Lipinski definition) is 1. The van der Waals surface area contributed by atoms with Gasteiger partial charge in [-0.3, -0.25) is 0 Å². The van der Waals surface area contributed by atoms with Crippen LogP contribution in [-0.4, -0.2) is 6.04 Å². The van der Waals surface area contributed by atoms with Gasteiger partial charge in [-0.15, -0.1) is 0 Å². The molecule has 0 spiro atoms. The summed E-state index contributed by atoms with van der Waals surface area (Å²) < 4.78 is 26.8. The number of hydrogen-bond acceptors (Lipinski definition) is 2. The van der Waals surface area contributed by atoms with E-state index in [2.05, 4.69) is 6.92 Å². The number of rotatable bonds is 5. The van der Waals surface area contributed by atoms with Gasteiger partial charge in [0.15, 0.2) is 0 Å². The molecule has 0 aliphatic rings. The third kappa shape index (κ3) is 4.29. The third-order valence-corrected chi connectivity index (χ3v) is 4.46. The van der Waals surface area contributed by atoms with Crippen molar-refractivity contribution in [3.05, 3.63) is 59.2 Å². The fourth-order valence-corrected chi connectivity index (χ4v) is 3.03. The zero-order valence-corrected chi connectivity index (χ0v) is 13.0. The fourth-order valence-electron chi connectivity index (χ4n) is 2.07. The topological polar surface area (TPSA) is 26.0 Å². The van der Waals surface area contributed by atoms with Crippen LogP contribution in [-0.2, 0) is 6.42 Å². The van der Waals surface area contributed by atoms with Crippen LogP contribution in [0, 0.1) is 18.6 Å². The normalized spacial score (nSPS) is 12.4. The first-order chi connectivity index (χ1) is 9.99. The predicted molar refractivity (Wildman–Crippen MR) is 83.6 cm³/mol. The molecule has 1 unspecified atom stereocenters. The highest BCUT2D eigenvalue weighted by Gasteiger charge is 2.09. The fraction of sp³-hybridized carbons (Fsp3) is 0.294. The minimum Gasteiger partial charge on any atom is -0.327 e.